The number of hydrogen-bond donors (Lipinski definition) is 2. The van der Waals surface area contributed by atoms with Crippen molar-refractivity contribution in [2.75, 3.05) is 5.32 Å². The minimum atomic E-state index is -0.605. The summed E-state index contributed by atoms with van der Waals surface area (Å²) in [6.07, 6.45) is 2.30. The van der Waals surface area contributed by atoms with E-state index in [2.05, 4.69) is 75.6 Å². The Morgan fingerprint density at radius 1 is 1.03 bits per heavy atom. The number of carbonyl (C=O) groups excluding carboxylic acids is 1. The highest BCUT2D eigenvalue weighted by atomic mass is 16.2. The number of aromatic nitrogens is 4. The van der Waals surface area contributed by atoms with Crippen molar-refractivity contribution in [1.82, 2.24) is 24.9 Å². The SMILES string of the molecule is CCC(CC)(NC(=O)c1c(C)nn2c1N[C@@H](c1ccccc1)CC2(C)C)c1cc(C)n(-c2ccccc2)n1. The normalized spacial score (nSPS) is 16.5. The fraction of sp³-hybridized carbons (Fsp3) is 0.387. The third-order valence-electron chi connectivity index (χ3n) is 8.02. The number of anilines is 1. The number of para-hydroxylation sites is 1. The Morgan fingerprint density at radius 3 is 2.29 bits per heavy atom. The number of rotatable bonds is 7. The van der Waals surface area contributed by atoms with Crippen LogP contribution in [0.4, 0.5) is 5.82 Å². The van der Waals surface area contributed by atoms with Crippen LogP contribution in [0.1, 0.15) is 86.0 Å². The highest BCUT2D eigenvalue weighted by Gasteiger charge is 2.40. The molecule has 4 aromatic rings. The maximum absolute atomic E-state index is 14.1. The monoisotopic (exact) mass is 510 g/mol. The summed E-state index contributed by atoms with van der Waals surface area (Å²) in [6.45, 7) is 12.5. The van der Waals surface area contributed by atoms with Crippen molar-refractivity contribution in [2.45, 2.75) is 77.9 Å². The summed E-state index contributed by atoms with van der Waals surface area (Å²) in [5, 5.41) is 16.9. The first-order valence-electron chi connectivity index (χ1n) is 13.6. The average Bonchev–Trinajstić information content (AvgIpc) is 3.48. The number of carbonyl (C=O) groups is 1. The zero-order chi connectivity index (χ0) is 27.1. The van der Waals surface area contributed by atoms with E-state index in [9.17, 15) is 4.79 Å². The zero-order valence-corrected chi connectivity index (χ0v) is 23.2. The average molecular weight is 511 g/mol. The van der Waals surface area contributed by atoms with Crippen LogP contribution in [-0.2, 0) is 11.1 Å². The van der Waals surface area contributed by atoms with Crippen molar-refractivity contribution in [3.05, 3.63) is 94.9 Å². The van der Waals surface area contributed by atoms with Crippen LogP contribution in [0.15, 0.2) is 66.7 Å². The van der Waals surface area contributed by atoms with Gasteiger partial charge in [0.25, 0.3) is 5.91 Å². The van der Waals surface area contributed by atoms with E-state index >= 15 is 0 Å². The molecule has 0 saturated carbocycles. The molecular weight excluding hydrogens is 472 g/mol. The molecule has 3 heterocycles. The van der Waals surface area contributed by atoms with Crippen LogP contribution in [0, 0.1) is 13.8 Å². The second-order valence-corrected chi connectivity index (χ2v) is 11.0. The first-order chi connectivity index (χ1) is 18.2. The Hall–Kier alpha value is -3.87. The topological polar surface area (TPSA) is 76.8 Å². The summed E-state index contributed by atoms with van der Waals surface area (Å²) < 4.78 is 3.94. The second-order valence-electron chi connectivity index (χ2n) is 11.0. The molecule has 1 atom stereocenters. The van der Waals surface area contributed by atoms with Crippen LogP contribution in [0.25, 0.3) is 5.69 Å². The van der Waals surface area contributed by atoms with Gasteiger partial charge in [0.1, 0.15) is 11.4 Å². The third-order valence-corrected chi connectivity index (χ3v) is 8.02. The highest BCUT2D eigenvalue weighted by Crippen LogP contribution is 2.41. The molecule has 1 aliphatic rings. The minimum Gasteiger partial charge on any atom is -0.363 e. The van der Waals surface area contributed by atoms with Crippen LogP contribution in [0.2, 0.25) is 0 Å². The smallest absolute Gasteiger partial charge is 0.257 e. The maximum atomic E-state index is 14.1. The van der Waals surface area contributed by atoms with Crippen molar-refractivity contribution in [3.8, 4) is 5.69 Å². The van der Waals surface area contributed by atoms with Crippen molar-refractivity contribution < 1.29 is 4.79 Å². The summed E-state index contributed by atoms with van der Waals surface area (Å²) in [6, 6.07) is 22.7. The molecule has 1 aliphatic heterocycles. The molecule has 5 rings (SSSR count). The van der Waals surface area contributed by atoms with Crippen molar-refractivity contribution in [3.63, 3.8) is 0 Å². The van der Waals surface area contributed by atoms with Gasteiger partial charge in [0.2, 0.25) is 0 Å². The summed E-state index contributed by atoms with van der Waals surface area (Å²) in [4.78, 5) is 14.1. The van der Waals surface area contributed by atoms with Gasteiger partial charge >= 0.3 is 0 Å². The van der Waals surface area contributed by atoms with E-state index in [-0.39, 0.29) is 17.5 Å². The van der Waals surface area contributed by atoms with Crippen LogP contribution in [0.3, 0.4) is 0 Å². The van der Waals surface area contributed by atoms with Gasteiger partial charge in [0, 0.05) is 5.69 Å². The lowest BCUT2D eigenvalue weighted by atomic mass is 9.87. The lowest BCUT2D eigenvalue weighted by Crippen LogP contribution is -2.46. The predicted octanol–water partition coefficient (Wildman–Crippen LogP) is 6.42. The first kappa shape index (κ1) is 25.8. The molecule has 38 heavy (non-hydrogen) atoms. The number of nitrogens with one attached hydrogen (secondary N) is 2. The molecule has 7 heteroatoms. The van der Waals surface area contributed by atoms with Crippen LogP contribution >= 0.6 is 0 Å². The Labute approximate surface area is 225 Å². The molecule has 0 bridgehead atoms. The van der Waals surface area contributed by atoms with E-state index in [0.29, 0.717) is 18.4 Å². The molecule has 0 radical (unpaired) electrons. The summed E-state index contributed by atoms with van der Waals surface area (Å²) >= 11 is 0. The van der Waals surface area contributed by atoms with Gasteiger partial charge in [-0.2, -0.15) is 10.2 Å². The maximum Gasteiger partial charge on any atom is 0.257 e. The Balaban J connectivity index is 1.51. The molecule has 0 spiro atoms. The van der Waals surface area contributed by atoms with Gasteiger partial charge in [0.05, 0.1) is 34.2 Å². The first-order valence-corrected chi connectivity index (χ1v) is 13.6. The van der Waals surface area contributed by atoms with E-state index in [1.54, 1.807) is 0 Å². The Morgan fingerprint density at radius 2 is 1.66 bits per heavy atom. The molecule has 0 unspecified atom stereocenters. The fourth-order valence-corrected chi connectivity index (χ4v) is 5.73. The molecule has 7 nitrogen and oxygen atoms in total. The van der Waals surface area contributed by atoms with Gasteiger partial charge < -0.3 is 10.6 Å². The van der Waals surface area contributed by atoms with Crippen LogP contribution in [0.5, 0.6) is 0 Å². The van der Waals surface area contributed by atoms with E-state index < -0.39 is 5.54 Å². The van der Waals surface area contributed by atoms with Gasteiger partial charge in [-0.05, 0) is 70.7 Å². The summed E-state index contributed by atoms with van der Waals surface area (Å²) in [7, 11) is 0. The van der Waals surface area contributed by atoms with Crippen molar-refractivity contribution in [1.29, 1.82) is 0 Å². The van der Waals surface area contributed by atoms with E-state index in [1.165, 1.54) is 5.56 Å². The fourth-order valence-electron chi connectivity index (χ4n) is 5.73. The standard InChI is InChI=1S/C31H38N6O/c1-7-31(8-2,26-19-21(3)36(35-26)24-17-13-10-14-18-24)33-29(38)27-22(4)34-37-28(27)32-25(20-30(37,5)6)23-15-11-9-12-16-23/h9-19,25,32H,7-8,20H2,1-6H3,(H,33,38)/t25-/m1/s1. The van der Waals surface area contributed by atoms with E-state index in [0.717, 1.165) is 35.0 Å². The van der Waals surface area contributed by atoms with Gasteiger partial charge in [-0.15, -0.1) is 0 Å². The Kier molecular flexibility index (Phi) is 6.63. The number of fused-ring (bicyclic) bond motifs is 1. The van der Waals surface area contributed by atoms with Crippen LogP contribution in [-0.4, -0.2) is 25.5 Å². The summed E-state index contributed by atoms with van der Waals surface area (Å²) in [5.41, 5.74) is 4.57. The van der Waals surface area contributed by atoms with Crippen molar-refractivity contribution >= 4 is 11.7 Å². The van der Waals surface area contributed by atoms with E-state index in [1.807, 2.05) is 52.7 Å². The molecule has 0 fully saturated rings. The quantitative estimate of drug-likeness (QED) is 0.301. The molecule has 0 saturated heterocycles. The highest BCUT2D eigenvalue weighted by molar-refractivity contribution is 6.00. The van der Waals surface area contributed by atoms with Crippen molar-refractivity contribution in [2.24, 2.45) is 0 Å². The molecule has 1 amide bonds. The van der Waals surface area contributed by atoms with Gasteiger partial charge in [-0.3, -0.25) is 4.79 Å². The lowest BCUT2D eigenvalue weighted by molar-refractivity contribution is 0.0886. The molecule has 0 aliphatic carbocycles. The molecule has 198 valence electrons. The largest absolute Gasteiger partial charge is 0.363 e. The molecule has 2 N–H and O–H groups in total. The summed E-state index contributed by atoms with van der Waals surface area (Å²) in [5.74, 6) is 0.647. The molecule has 2 aromatic carbocycles. The van der Waals surface area contributed by atoms with Gasteiger partial charge in [0.15, 0.2) is 0 Å². The zero-order valence-electron chi connectivity index (χ0n) is 23.2. The second kappa shape index (κ2) is 9.78. The molecular formula is C31H38N6O. The lowest BCUT2D eigenvalue weighted by Gasteiger charge is -2.38. The third kappa shape index (κ3) is 4.40. The van der Waals surface area contributed by atoms with Gasteiger partial charge in [-0.25, -0.2) is 9.36 Å². The number of amides is 1. The number of nitrogens with zero attached hydrogens (tertiary/aromatic N) is 4. The number of benzene rings is 2. The van der Waals surface area contributed by atoms with E-state index in [4.69, 9.17) is 10.2 Å². The van der Waals surface area contributed by atoms with Gasteiger partial charge in [-0.1, -0.05) is 62.4 Å². The number of aryl methyl sites for hydroxylation is 2. The minimum absolute atomic E-state index is 0.0904. The predicted molar refractivity (Wildman–Crippen MR) is 152 cm³/mol. The number of hydrogen-bond acceptors (Lipinski definition) is 4. The van der Waals surface area contributed by atoms with Crippen LogP contribution < -0.4 is 10.6 Å². The molecule has 2 aromatic heterocycles. The Bertz CT molecular complexity index is 1430.